The average Bonchev–Trinajstić information content (AvgIpc) is 2.77. The Bertz CT molecular complexity index is 746. The zero-order valence-corrected chi connectivity index (χ0v) is 12.9. The van der Waals surface area contributed by atoms with Gasteiger partial charge in [-0.3, -0.25) is 4.79 Å². The Morgan fingerprint density at radius 3 is 2.67 bits per heavy atom. The molecule has 1 aromatic carbocycles. The van der Waals surface area contributed by atoms with E-state index in [1.165, 1.54) is 0 Å². The molecule has 110 valence electrons. The Morgan fingerprint density at radius 2 is 2.05 bits per heavy atom. The quantitative estimate of drug-likeness (QED) is 0.784. The lowest BCUT2D eigenvalue weighted by Crippen LogP contribution is -2.33. The molecule has 1 aromatic heterocycles. The first-order chi connectivity index (χ1) is 9.93. The van der Waals surface area contributed by atoms with Crippen molar-refractivity contribution in [3.63, 3.8) is 0 Å². The maximum absolute atomic E-state index is 12.2. The smallest absolute Gasteiger partial charge is 0.253 e. The molecule has 2 aromatic rings. The van der Waals surface area contributed by atoms with Gasteiger partial charge in [0.15, 0.2) is 0 Å². The highest BCUT2D eigenvalue weighted by molar-refractivity contribution is 6.37. The molecule has 0 radical (unpaired) electrons. The zero-order chi connectivity index (χ0) is 15.3. The van der Waals surface area contributed by atoms with Gasteiger partial charge in [0.1, 0.15) is 0 Å². The normalized spacial score (nSPS) is 14.0. The van der Waals surface area contributed by atoms with Crippen molar-refractivity contribution >= 4 is 23.2 Å². The van der Waals surface area contributed by atoms with Gasteiger partial charge in [0.25, 0.3) is 5.91 Å². The second kappa shape index (κ2) is 4.73. The van der Waals surface area contributed by atoms with Crippen LogP contribution in [0.4, 0.5) is 5.69 Å². The summed E-state index contributed by atoms with van der Waals surface area (Å²) in [6.07, 6.45) is 0.691. The Hall–Kier alpha value is -2.08. The number of carbonyl (C=O) groups is 1. The van der Waals surface area contributed by atoms with E-state index in [0.717, 1.165) is 28.1 Å². The van der Waals surface area contributed by atoms with Gasteiger partial charge >= 0.3 is 0 Å². The van der Waals surface area contributed by atoms with Gasteiger partial charge in [-0.25, -0.2) is 4.68 Å². The van der Waals surface area contributed by atoms with Gasteiger partial charge < -0.3 is 11.1 Å². The second-order valence-corrected chi connectivity index (χ2v) is 5.61. The number of nitrogen functional groups attached to an aromatic ring is 1. The molecule has 6 nitrogen and oxygen atoms in total. The van der Waals surface area contributed by atoms with Crippen LogP contribution < -0.4 is 11.1 Å². The molecule has 0 fully saturated rings. The summed E-state index contributed by atoms with van der Waals surface area (Å²) in [6, 6.07) is 0. The summed E-state index contributed by atoms with van der Waals surface area (Å²) in [5, 5.41) is 11.3. The fourth-order valence-electron chi connectivity index (χ4n) is 2.89. The highest BCUT2D eigenvalue weighted by atomic mass is 35.5. The number of hydrogen-bond acceptors (Lipinski definition) is 4. The van der Waals surface area contributed by atoms with Crippen LogP contribution in [0.3, 0.4) is 0 Å². The van der Waals surface area contributed by atoms with Gasteiger partial charge in [0.2, 0.25) is 0 Å². The SMILES string of the molecule is Cc1nnn(C)c1-c1c(C)c(N)c2c(c1Cl)C(=O)NCC2. The number of hydrogen-bond donors (Lipinski definition) is 2. The largest absolute Gasteiger partial charge is 0.398 e. The van der Waals surface area contributed by atoms with Crippen LogP contribution in [0.5, 0.6) is 0 Å². The molecular formula is C14H16ClN5O. The topological polar surface area (TPSA) is 85.8 Å². The minimum Gasteiger partial charge on any atom is -0.398 e. The van der Waals surface area contributed by atoms with Crippen LogP contribution in [0.1, 0.15) is 27.2 Å². The fourth-order valence-corrected chi connectivity index (χ4v) is 3.32. The third-order valence-electron chi connectivity index (χ3n) is 3.96. The maximum atomic E-state index is 12.2. The highest BCUT2D eigenvalue weighted by Gasteiger charge is 2.28. The van der Waals surface area contributed by atoms with Crippen molar-refractivity contribution < 1.29 is 4.79 Å². The van der Waals surface area contributed by atoms with Crippen molar-refractivity contribution in [3.05, 3.63) is 27.4 Å². The Kier molecular flexibility index (Phi) is 3.13. The predicted molar refractivity (Wildman–Crippen MR) is 81.4 cm³/mol. The number of nitrogens with zero attached hydrogens (tertiary/aromatic N) is 3. The van der Waals surface area contributed by atoms with Crippen molar-refractivity contribution in [3.8, 4) is 11.3 Å². The number of aryl methyl sites for hydroxylation is 2. The van der Waals surface area contributed by atoms with Crippen molar-refractivity contribution in [2.75, 3.05) is 12.3 Å². The van der Waals surface area contributed by atoms with Crippen LogP contribution in [0, 0.1) is 13.8 Å². The summed E-state index contributed by atoms with van der Waals surface area (Å²) in [6.45, 7) is 4.35. The molecule has 3 N–H and O–H groups in total. The molecule has 0 saturated heterocycles. The van der Waals surface area contributed by atoms with Crippen molar-refractivity contribution in [1.82, 2.24) is 20.3 Å². The van der Waals surface area contributed by atoms with Crippen molar-refractivity contribution in [2.45, 2.75) is 20.3 Å². The van der Waals surface area contributed by atoms with Crippen molar-refractivity contribution in [2.24, 2.45) is 7.05 Å². The van der Waals surface area contributed by atoms with E-state index in [0.29, 0.717) is 29.2 Å². The summed E-state index contributed by atoms with van der Waals surface area (Å²) in [7, 11) is 1.79. The molecule has 0 aliphatic carbocycles. The Balaban J connectivity index is 2.40. The molecule has 1 aliphatic rings. The third kappa shape index (κ3) is 1.90. The Labute approximate surface area is 127 Å². The van der Waals surface area contributed by atoms with Gasteiger partial charge in [-0.05, 0) is 31.4 Å². The summed E-state index contributed by atoms with van der Waals surface area (Å²) in [5.41, 5.74) is 11.3. The lowest BCUT2D eigenvalue weighted by Gasteiger charge is -2.24. The van der Waals surface area contributed by atoms with Gasteiger partial charge in [-0.15, -0.1) is 5.10 Å². The molecule has 7 heteroatoms. The third-order valence-corrected chi connectivity index (χ3v) is 4.34. The lowest BCUT2D eigenvalue weighted by atomic mass is 9.90. The number of carbonyl (C=O) groups excluding carboxylic acids is 1. The number of benzene rings is 1. The molecule has 0 unspecified atom stereocenters. The van der Waals surface area contributed by atoms with E-state index in [2.05, 4.69) is 15.6 Å². The van der Waals surface area contributed by atoms with E-state index in [1.807, 2.05) is 13.8 Å². The molecule has 2 heterocycles. The van der Waals surface area contributed by atoms with Crippen LogP contribution in [-0.4, -0.2) is 27.4 Å². The lowest BCUT2D eigenvalue weighted by molar-refractivity contribution is 0.0946. The minimum atomic E-state index is -0.179. The summed E-state index contributed by atoms with van der Waals surface area (Å²) in [5.74, 6) is -0.179. The molecule has 0 spiro atoms. The van der Waals surface area contributed by atoms with E-state index in [4.69, 9.17) is 17.3 Å². The van der Waals surface area contributed by atoms with Crippen LogP contribution in [0.15, 0.2) is 0 Å². The van der Waals surface area contributed by atoms with E-state index in [1.54, 1.807) is 11.7 Å². The van der Waals surface area contributed by atoms with Gasteiger partial charge in [-0.1, -0.05) is 16.8 Å². The van der Waals surface area contributed by atoms with Gasteiger partial charge in [0, 0.05) is 24.8 Å². The number of anilines is 1. The van der Waals surface area contributed by atoms with Crippen LogP contribution >= 0.6 is 11.6 Å². The molecular weight excluding hydrogens is 290 g/mol. The first kappa shape index (κ1) is 13.9. The van der Waals surface area contributed by atoms with E-state index >= 15 is 0 Å². The van der Waals surface area contributed by atoms with Gasteiger partial charge in [0.05, 0.1) is 22.0 Å². The maximum Gasteiger partial charge on any atom is 0.253 e. The number of nitrogens with two attached hydrogens (primary N) is 1. The molecule has 1 amide bonds. The molecule has 21 heavy (non-hydrogen) atoms. The number of fused-ring (bicyclic) bond motifs is 1. The van der Waals surface area contributed by atoms with Gasteiger partial charge in [-0.2, -0.15) is 0 Å². The first-order valence-electron chi connectivity index (χ1n) is 6.68. The fraction of sp³-hybridized carbons (Fsp3) is 0.357. The number of rotatable bonds is 1. The number of nitrogens with one attached hydrogen (secondary N) is 1. The molecule has 0 atom stereocenters. The van der Waals surface area contributed by atoms with Crippen LogP contribution in [0.2, 0.25) is 5.02 Å². The van der Waals surface area contributed by atoms with E-state index in [-0.39, 0.29) is 5.91 Å². The number of amides is 1. The van der Waals surface area contributed by atoms with Crippen LogP contribution in [0.25, 0.3) is 11.3 Å². The number of aromatic nitrogens is 3. The molecule has 3 rings (SSSR count). The average molecular weight is 306 g/mol. The molecule has 1 aliphatic heterocycles. The molecule has 0 saturated carbocycles. The standard InChI is InChI=1S/C14H16ClN5O/c1-6-9(13-7(2)18-19-20(13)3)11(15)10-8(12(6)16)4-5-17-14(10)21/h4-5,16H2,1-3H3,(H,17,21). The van der Waals surface area contributed by atoms with E-state index < -0.39 is 0 Å². The monoisotopic (exact) mass is 305 g/mol. The summed E-state index contributed by atoms with van der Waals surface area (Å²) >= 11 is 6.55. The number of halogens is 1. The summed E-state index contributed by atoms with van der Waals surface area (Å²) < 4.78 is 1.65. The minimum absolute atomic E-state index is 0.179. The Morgan fingerprint density at radius 1 is 1.33 bits per heavy atom. The summed E-state index contributed by atoms with van der Waals surface area (Å²) in [4.78, 5) is 12.2. The second-order valence-electron chi connectivity index (χ2n) is 5.23. The zero-order valence-electron chi connectivity index (χ0n) is 12.1. The van der Waals surface area contributed by atoms with Crippen molar-refractivity contribution in [1.29, 1.82) is 0 Å². The predicted octanol–water partition coefficient (Wildman–Crippen LogP) is 1.62. The van der Waals surface area contributed by atoms with E-state index in [9.17, 15) is 4.79 Å². The molecule has 0 bridgehead atoms. The first-order valence-corrected chi connectivity index (χ1v) is 7.06. The highest BCUT2D eigenvalue weighted by Crippen LogP contribution is 2.41. The van der Waals surface area contributed by atoms with Crippen LogP contribution in [-0.2, 0) is 13.5 Å².